The molecular formula is C26H26N4O4S. The lowest BCUT2D eigenvalue weighted by Crippen LogP contribution is -2.23. The van der Waals surface area contributed by atoms with Crippen molar-refractivity contribution in [2.75, 3.05) is 12.3 Å². The Morgan fingerprint density at radius 1 is 1.09 bits per heavy atom. The van der Waals surface area contributed by atoms with Crippen molar-refractivity contribution < 1.29 is 19.1 Å². The minimum Gasteiger partial charge on any atom is -0.462 e. The molecule has 2 N–H and O–H groups in total. The molecular weight excluding hydrogens is 464 g/mol. The third-order valence-electron chi connectivity index (χ3n) is 5.12. The molecule has 1 amide bonds. The van der Waals surface area contributed by atoms with Gasteiger partial charge in [0.2, 0.25) is 6.41 Å². The average molecular weight is 491 g/mol. The number of amides is 1. The summed E-state index contributed by atoms with van der Waals surface area (Å²) in [6, 6.07) is 17.9. The summed E-state index contributed by atoms with van der Waals surface area (Å²) in [7, 11) is 0. The first kappa shape index (κ1) is 25.5. The van der Waals surface area contributed by atoms with Crippen LogP contribution in [0.5, 0.6) is 0 Å². The van der Waals surface area contributed by atoms with Crippen molar-refractivity contribution in [3.8, 4) is 0 Å². The lowest BCUT2D eigenvalue weighted by molar-refractivity contribution is -0.117. The number of ether oxygens (including phenoxy) is 2. The molecule has 35 heavy (non-hydrogen) atoms. The summed E-state index contributed by atoms with van der Waals surface area (Å²) in [6.45, 7) is 3.62. The summed E-state index contributed by atoms with van der Waals surface area (Å²) in [6.07, 6.45) is 2.44. The van der Waals surface area contributed by atoms with Crippen molar-refractivity contribution in [2.24, 2.45) is 0 Å². The van der Waals surface area contributed by atoms with Gasteiger partial charge < -0.3 is 20.1 Å². The van der Waals surface area contributed by atoms with Gasteiger partial charge in [0, 0.05) is 23.7 Å². The molecule has 0 unspecified atom stereocenters. The molecule has 180 valence electrons. The highest BCUT2D eigenvalue weighted by atomic mass is 32.1. The third kappa shape index (κ3) is 7.18. The minimum atomic E-state index is -0.454. The second-order valence-corrected chi connectivity index (χ2v) is 7.95. The number of aryl methyl sites for hydroxylation is 1. The number of aromatic nitrogens is 2. The number of esters is 1. The monoisotopic (exact) mass is 490 g/mol. The second kappa shape index (κ2) is 12.4. The van der Waals surface area contributed by atoms with E-state index in [0.717, 1.165) is 0 Å². The fraction of sp³-hybridized carbons (Fsp3) is 0.192. The van der Waals surface area contributed by atoms with E-state index in [1.165, 1.54) is 4.90 Å². The van der Waals surface area contributed by atoms with E-state index < -0.39 is 5.97 Å². The van der Waals surface area contributed by atoms with Gasteiger partial charge >= 0.3 is 5.97 Å². The predicted octanol–water partition coefficient (Wildman–Crippen LogP) is 4.20. The summed E-state index contributed by atoms with van der Waals surface area (Å²) in [5.41, 5.74) is 8.24. The molecule has 0 saturated carbocycles. The van der Waals surface area contributed by atoms with Gasteiger partial charge in [0.25, 0.3) is 0 Å². The number of allylic oxidation sites excluding steroid dienone is 1. The Kier molecular flexibility index (Phi) is 9.02. The van der Waals surface area contributed by atoms with Gasteiger partial charge in [-0.2, -0.15) is 0 Å². The van der Waals surface area contributed by atoms with E-state index in [-0.39, 0.29) is 30.4 Å². The highest BCUT2D eigenvalue weighted by molar-refractivity contribution is 7.80. The number of nitrogens with zero attached hydrogens (tertiary/aromatic N) is 3. The molecule has 1 heterocycles. The molecule has 9 heteroatoms. The number of thiocarbonyl (C=S) groups is 1. The van der Waals surface area contributed by atoms with E-state index in [2.05, 4.69) is 9.97 Å². The number of rotatable bonds is 10. The second-order valence-electron chi connectivity index (χ2n) is 7.58. The Morgan fingerprint density at radius 3 is 2.31 bits per heavy atom. The van der Waals surface area contributed by atoms with Crippen molar-refractivity contribution >= 4 is 35.5 Å². The number of hydrogen-bond donors (Lipinski definition) is 1. The van der Waals surface area contributed by atoms with Gasteiger partial charge in [0.1, 0.15) is 17.4 Å². The lowest BCUT2D eigenvalue weighted by atomic mass is 10.2. The molecule has 0 fully saturated rings. The predicted molar refractivity (Wildman–Crippen MR) is 136 cm³/mol. The first-order valence-electron chi connectivity index (χ1n) is 10.9. The minimum absolute atomic E-state index is 0.0281. The maximum atomic E-state index is 12.3. The highest BCUT2D eigenvalue weighted by Crippen LogP contribution is 2.21. The Labute approximate surface area is 209 Å². The number of hydrogen-bond acceptors (Lipinski definition) is 8. The fourth-order valence-electron chi connectivity index (χ4n) is 3.16. The SMILES string of the molecule is C/C(=C(\CCOC(=O)c1ccccc1)OC(=S)c1ccccc1)N(C=O)Cc1cnc(C)nc1N. The van der Waals surface area contributed by atoms with Gasteiger partial charge in [-0.1, -0.05) is 48.5 Å². The summed E-state index contributed by atoms with van der Waals surface area (Å²) >= 11 is 5.47. The summed E-state index contributed by atoms with van der Waals surface area (Å²) in [5.74, 6) is 0.758. The van der Waals surface area contributed by atoms with Crippen LogP contribution in [-0.2, 0) is 20.8 Å². The maximum absolute atomic E-state index is 12.3. The molecule has 0 aliphatic rings. The number of carbonyl (C=O) groups is 2. The van der Waals surface area contributed by atoms with Crippen LogP contribution in [0.25, 0.3) is 0 Å². The summed E-state index contributed by atoms with van der Waals surface area (Å²) < 4.78 is 11.4. The van der Waals surface area contributed by atoms with E-state index in [1.807, 2.05) is 36.4 Å². The zero-order valence-electron chi connectivity index (χ0n) is 19.5. The molecule has 3 rings (SSSR count). The highest BCUT2D eigenvalue weighted by Gasteiger charge is 2.18. The fourth-order valence-corrected chi connectivity index (χ4v) is 3.39. The van der Waals surface area contributed by atoms with Crippen molar-refractivity contribution in [3.63, 3.8) is 0 Å². The molecule has 0 saturated heterocycles. The quantitative estimate of drug-likeness (QED) is 0.195. The first-order valence-corrected chi connectivity index (χ1v) is 11.3. The topological polar surface area (TPSA) is 108 Å². The number of carbonyl (C=O) groups excluding carboxylic acids is 2. The molecule has 3 aromatic rings. The molecule has 0 aliphatic heterocycles. The smallest absolute Gasteiger partial charge is 0.338 e. The van der Waals surface area contributed by atoms with Crippen molar-refractivity contribution in [3.05, 3.63) is 101 Å². The van der Waals surface area contributed by atoms with Crippen LogP contribution in [0, 0.1) is 6.92 Å². The van der Waals surface area contributed by atoms with Gasteiger partial charge in [-0.15, -0.1) is 0 Å². The normalized spacial score (nSPS) is 11.3. The van der Waals surface area contributed by atoms with E-state index in [1.54, 1.807) is 44.3 Å². The Bertz CT molecular complexity index is 1220. The Balaban J connectivity index is 1.81. The van der Waals surface area contributed by atoms with Crippen molar-refractivity contribution in [1.82, 2.24) is 14.9 Å². The molecule has 0 spiro atoms. The van der Waals surface area contributed by atoms with Crippen LogP contribution < -0.4 is 5.73 Å². The van der Waals surface area contributed by atoms with Crippen LogP contribution in [0.4, 0.5) is 5.82 Å². The Morgan fingerprint density at radius 2 is 1.71 bits per heavy atom. The number of nitrogen functional groups attached to an aromatic ring is 1. The van der Waals surface area contributed by atoms with Crippen LogP contribution >= 0.6 is 12.2 Å². The summed E-state index contributed by atoms with van der Waals surface area (Å²) in [4.78, 5) is 34.1. The number of anilines is 1. The zero-order chi connectivity index (χ0) is 25.2. The van der Waals surface area contributed by atoms with E-state index in [9.17, 15) is 9.59 Å². The first-order chi connectivity index (χ1) is 16.9. The largest absolute Gasteiger partial charge is 0.462 e. The van der Waals surface area contributed by atoms with Gasteiger partial charge in [-0.3, -0.25) is 4.79 Å². The molecule has 0 radical (unpaired) electrons. The molecule has 1 aromatic heterocycles. The lowest BCUT2D eigenvalue weighted by Gasteiger charge is -2.23. The molecule has 0 atom stereocenters. The van der Waals surface area contributed by atoms with Crippen LogP contribution in [0.2, 0.25) is 0 Å². The molecule has 8 nitrogen and oxygen atoms in total. The zero-order valence-corrected chi connectivity index (χ0v) is 20.3. The van der Waals surface area contributed by atoms with E-state index in [4.69, 9.17) is 27.4 Å². The van der Waals surface area contributed by atoms with E-state index in [0.29, 0.717) is 40.4 Å². The Hall–Kier alpha value is -4.11. The molecule has 0 bridgehead atoms. The van der Waals surface area contributed by atoms with Crippen LogP contribution in [-0.4, -0.2) is 38.9 Å². The molecule has 2 aromatic carbocycles. The van der Waals surface area contributed by atoms with Gasteiger partial charge in [-0.05, 0) is 38.2 Å². The maximum Gasteiger partial charge on any atom is 0.338 e. The van der Waals surface area contributed by atoms with Crippen LogP contribution in [0.3, 0.4) is 0 Å². The number of benzene rings is 2. The van der Waals surface area contributed by atoms with Gasteiger partial charge in [-0.25, -0.2) is 14.8 Å². The van der Waals surface area contributed by atoms with E-state index >= 15 is 0 Å². The van der Waals surface area contributed by atoms with Crippen molar-refractivity contribution in [1.29, 1.82) is 0 Å². The molecule has 0 aliphatic carbocycles. The van der Waals surface area contributed by atoms with Crippen LogP contribution in [0.15, 0.2) is 78.3 Å². The summed E-state index contributed by atoms with van der Waals surface area (Å²) in [5, 5.41) is 0.235. The average Bonchev–Trinajstić information content (AvgIpc) is 2.88. The van der Waals surface area contributed by atoms with Crippen LogP contribution in [0.1, 0.15) is 40.7 Å². The number of nitrogens with two attached hydrogens (primary N) is 1. The van der Waals surface area contributed by atoms with Gasteiger partial charge in [0.15, 0.2) is 5.05 Å². The van der Waals surface area contributed by atoms with Gasteiger partial charge in [0.05, 0.1) is 24.4 Å². The third-order valence-corrected chi connectivity index (χ3v) is 5.44. The standard InChI is InChI=1S/C26H26N4O4S/c1-18(30(17-31)16-22-15-28-19(2)29-24(22)27)23(34-26(35)21-11-7-4-8-12-21)13-14-33-25(32)20-9-5-3-6-10-20/h3-12,15,17H,13-14,16H2,1-2H3,(H2,27,28,29)/b23-18-. The van der Waals surface area contributed by atoms with Crippen molar-refractivity contribution in [2.45, 2.75) is 26.8 Å².